The number of aryl methyl sites for hydroxylation is 1. The number of halogens is 4. The summed E-state index contributed by atoms with van der Waals surface area (Å²) in [5.74, 6) is 0.307. The van der Waals surface area contributed by atoms with Gasteiger partial charge in [-0.2, -0.15) is 18.3 Å². The van der Waals surface area contributed by atoms with Crippen LogP contribution in [0.2, 0.25) is 5.15 Å². The number of aromatic nitrogens is 3. The molecule has 1 aliphatic rings. The lowest BCUT2D eigenvalue weighted by Crippen LogP contribution is -2.07. The van der Waals surface area contributed by atoms with Crippen molar-refractivity contribution in [3.8, 4) is 5.82 Å². The zero-order valence-corrected chi connectivity index (χ0v) is 11.9. The monoisotopic (exact) mass is 315 g/mol. The largest absolute Gasteiger partial charge is 0.417 e. The number of hydrogen-bond acceptors (Lipinski definition) is 2. The molecule has 0 atom stereocenters. The van der Waals surface area contributed by atoms with Crippen LogP contribution in [-0.4, -0.2) is 14.8 Å². The summed E-state index contributed by atoms with van der Waals surface area (Å²) in [4.78, 5) is 3.84. The third kappa shape index (κ3) is 2.77. The Morgan fingerprint density at radius 2 is 1.86 bits per heavy atom. The van der Waals surface area contributed by atoms with Gasteiger partial charge in [0.2, 0.25) is 0 Å². The van der Waals surface area contributed by atoms with E-state index in [1.165, 1.54) is 10.7 Å². The van der Waals surface area contributed by atoms with Crippen LogP contribution in [0.1, 0.15) is 36.1 Å². The van der Waals surface area contributed by atoms with Gasteiger partial charge in [-0.1, -0.05) is 18.0 Å². The molecule has 0 saturated carbocycles. The number of fused-ring (bicyclic) bond motifs is 1. The van der Waals surface area contributed by atoms with E-state index in [9.17, 15) is 13.2 Å². The predicted octanol–water partition coefficient (Wildman–Crippen LogP) is 4.21. The van der Waals surface area contributed by atoms with E-state index in [1.54, 1.807) is 0 Å². The Hall–Kier alpha value is -1.56. The lowest BCUT2D eigenvalue weighted by atomic mass is 10.1. The molecule has 7 heteroatoms. The number of rotatable bonds is 1. The molecule has 0 N–H and O–H groups in total. The van der Waals surface area contributed by atoms with Crippen molar-refractivity contribution in [1.82, 2.24) is 14.8 Å². The first-order valence-corrected chi connectivity index (χ1v) is 7.14. The van der Waals surface area contributed by atoms with E-state index in [2.05, 4.69) is 10.1 Å². The van der Waals surface area contributed by atoms with Crippen LogP contribution in [0.4, 0.5) is 13.2 Å². The normalized spacial score (nSPS) is 15.6. The first kappa shape index (κ1) is 14.4. The van der Waals surface area contributed by atoms with Crippen molar-refractivity contribution in [2.24, 2.45) is 0 Å². The van der Waals surface area contributed by atoms with E-state index in [4.69, 9.17) is 11.6 Å². The zero-order valence-electron chi connectivity index (χ0n) is 11.1. The number of nitrogens with zero attached hydrogens (tertiary/aromatic N) is 3. The quantitative estimate of drug-likeness (QED) is 0.738. The van der Waals surface area contributed by atoms with Crippen LogP contribution in [0.25, 0.3) is 5.82 Å². The molecule has 0 saturated heterocycles. The van der Waals surface area contributed by atoms with Gasteiger partial charge in [0.05, 0.1) is 11.3 Å². The van der Waals surface area contributed by atoms with Gasteiger partial charge in [0.1, 0.15) is 5.15 Å². The highest BCUT2D eigenvalue weighted by Crippen LogP contribution is 2.31. The molecule has 0 unspecified atom stereocenters. The molecule has 3 nitrogen and oxygen atoms in total. The van der Waals surface area contributed by atoms with Crippen molar-refractivity contribution >= 4 is 11.6 Å². The first-order chi connectivity index (χ1) is 9.97. The number of alkyl halides is 3. The summed E-state index contributed by atoms with van der Waals surface area (Å²) in [5.41, 5.74) is 1.14. The Balaban J connectivity index is 1.97. The van der Waals surface area contributed by atoms with Crippen molar-refractivity contribution < 1.29 is 13.2 Å². The van der Waals surface area contributed by atoms with Gasteiger partial charge in [-0.3, -0.25) is 0 Å². The third-order valence-electron chi connectivity index (χ3n) is 3.64. The lowest BCUT2D eigenvalue weighted by molar-refractivity contribution is -0.137. The average molecular weight is 316 g/mol. The maximum absolute atomic E-state index is 12.5. The highest BCUT2D eigenvalue weighted by molar-refractivity contribution is 6.30. The standard InChI is InChI=1S/C14H13ClF3N3/c15-13-10-4-2-1-3-5-11(10)20-21(13)12-7-6-9(8-19-12)14(16,17)18/h6-8H,1-5H2. The molecule has 2 aromatic rings. The van der Waals surface area contributed by atoms with Crippen molar-refractivity contribution in [3.63, 3.8) is 0 Å². The summed E-state index contributed by atoms with van der Waals surface area (Å²) in [5, 5.41) is 4.87. The minimum atomic E-state index is -4.39. The minimum absolute atomic E-state index is 0.307. The molecule has 0 spiro atoms. The van der Waals surface area contributed by atoms with Crippen LogP contribution in [0.15, 0.2) is 18.3 Å². The highest BCUT2D eigenvalue weighted by atomic mass is 35.5. The molecule has 2 heterocycles. The summed E-state index contributed by atoms with van der Waals surface area (Å²) in [6.45, 7) is 0. The molecule has 0 aliphatic heterocycles. The molecule has 112 valence electrons. The van der Waals surface area contributed by atoms with Gasteiger partial charge < -0.3 is 0 Å². The van der Waals surface area contributed by atoms with Crippen LogP contribution in [0.5, 0.6) is 0 Å². The fourth-order valence-electron chi connectivity index (χ4n) is 2.52. The van der Waals surface area contributed by atoms with E-state index in [0.717, 1.165) is 55.6 Å². The van der Waals surface area contributed by atoms with Crippen LogP contribution in [-0.2, 0) is 19.0 Å². The van der Waals surface area contributed by atoms with Crippen LogP contribution in [0.3, 0.4) is 0 Å². The fourth-order valence-corrected chi connectivity index (χ4v) is 2.85. The van der Waals surface area contributed by atoms with Gasteiger partial charge in [0.25, 0.3) is 0 Å². The summed E-state index contributed by atoms with van der Waals surface area (Å²) in [7, 11) is 0. The average Bonchev–Trinajstić information content (AvgIpc) is 2.63. The molecule has 0 aromatic carbocycles. The number of pyridine rings is 1. The van der Waals surface area contributed by atoms with Crippen molar-refractivity contribution in [2.45, 2.75) is 38.3 Å². The molecular weight excluding hydrogens is 303 g/mol. The SMILES string of the molecule is FC(F)(F)c1ccc(-n2nc3c(c2Cl)CCCCC3)nc1. The smallest absolute Gasteiger partial charge is 0.236 e. The van der Waals surface area contributed by atoms with E-state index in [0.29, 0.717) is 11.0 Å². The third-order valence-corrected chi connectivity index (χ3v) is 4.02. The second kappa shape index (κ2) is 5.33. The van der Waals surface area contributed by atoms with Crippen LogP contribution >= 0.6 is 11.6 Å². The summed E-state index contributed by atoms with van der Waals surface area (Å²) >= 11 is 6.32. The molecule has 0 fully saturated rings. The topological polar surface area (TPSA) is 30.7 Å². The molecule has 2 aromatic heterocycles. The zero-order chi connectivity index (χ0) is 15.0. The molecule has 21 heavy (non-hydrogen) atoms. The van der Waals surface area contributed by atoms with Gasteiger partial charge >= 0.3 is 6.18 Å². The Morgan fingerprint density at radius 3 is 2.52 bits per heavy atom. The second-order valence-electron chi connectivity index (χ2n) is 5.09. The maximum atomic E-state index is 12.5. The Labute approximate surface area is 124 Å². The molecule has 1 aliphatic carbocycles. The van der Waals surface area contributed by atoms with Crippen molar-refractivity contribution in [2.75, 3.05) is 0 Å². The van der Waals surface area contributed by atoms with E-state index < -0.39 is 11.7 Å². The van der Waals surface area contributed by atoms with E-state index in [1.807, 2.05) is 0 Å². The number of hydrogen-bond donors (Lipinski definition) is 0. The Morgan fingerprint density at radius 1 is 1.10 bits per heavy atom. The maximum Gasteiger partial charge on any atom is 0.417 e. The van der Waals surface area contributed by atoms with Gasteiger partial charge in [-0.15, -0.1) is 0 Å². The highest BCUT2D eigenvalue weighted by Gasteiger charge is 2.31. The molecule has 0 amide bonds. The fraction of sp³-hybridized carbons (Fsp3) is 0.429. The van der Waals surface area contributed by atoms with E-state index in [-0.39, 0.29) is 0 Å². The Kier molecular flexibility index (Phi) is 3.65. The molecular formula is C14H13ClF3N3. The molecule has 0 radical (unpaired) electrons. The van der Waals surface area contributed by atoms with Crippen LogP contribution in [0, 0.1) is 0 Å². The predicted molar refractivity (Wildman–Crippen MR) is 72.6 cm³/mol. The van der Waals surface area contributed by atoms with Gasteiger partial charge in [0, 0.05) is 11.8 Å². The van der Waals surface area contributed by atoms with Crippen molar-refractivity contribution in [3.05, 3.63) is 40.3 Å². The van der Waals surface area contributed by atoms with Crippen LogP contribution < -0.4 is 0 Å². The van der Waals surface area contributed by atoms with Gasteiger partial charge in [0.15, 0.2) is 5.82 Å². The Bertz CT molecular complexity index is 647. The second-order valence-corrected chi connectivity index (χ2v) is 5.45. The minimum Gasteiger partial charge on any atom is -0.236 e. The molecule has 0 bridgehead atoms. The first-order valence-electron chi connectivity index (χ1n) is 6.77. The van der Waals surface area contributed by atoms with Crippen molar-refractivity contribution in [1.29, 1.82) is 0 Å². The molecule has 3 rings (SSSR count). The lowest BCUT2D eigenvalue weighted by Gasteiger charge is -2.07. The van der Waals surface area contributed by atoms with Gasteiger partial charge in [-0.05, 0) is 37.8 Å². The summed E-state index contributed by atoms with van der Waals surface area (Å²) in [6, 6.07) is 2.28. The van der Waals surface area contributed by atoms with Gasteiger partial charge in [-0.25, -0.2) is 9.67 Å². The summed E-state index contributed by atoms with van der Waals surface area (Å²) < 4.78 is 39.1. The van der Waals surface area contributed by atoms with E-state index >= 15 is 0 Å². The summed E-state index contributed by atoms with van der Waals surface area (Å²) in [6.07, 6.45) is 1.37.